The van der Waals surface area contributed by atoms with Gasteiger partial charge in [-0.2, -0.15) is 0 Å². The molecule has 0 spiro atoms. The number of benzene rings is 1. The van der Waals surface area contributed by atoms with Gasteiger partial charge in [0.1, 0.15) is 22.2 Å². The molecule has 7 nitrogen and oxygen atoms in total. The molecule has 1 atom stereocenters. The second-order valence-electron chi connectivity index (χ2n) is 5.44. The van der Waals surface area contributed by atoms with Gasteiger partial charge in [-0.1, -0.05) is 18.2 Å². The summed E-state index contributed by atoms with van der Waals surface area (Å²) in [5.41, 5.74) is -0.343. The fourth-order valence-electron chi connectivity index (χ4n) is 1.51. The summed E-state index contributed by atoms with van der Waals surface area (Å²) in [6.45, 7) is 6.58. The molecule has 0 unspecified atom stereocenters. The molecule has 0 aromatic heterocycles. The van der Waals surface area contributed by atoms with E-state index < -0.39 is 23.6 Å². The van der Waals surface area contributed by atoms with E-state index in [0.29, 0.717) is 10.7 Å². The van der Waals surface area contributed by atoms with Crippen molar-refractivity contribution in [3.63, 3.8) is 0 Å². The average Bonchev–Trinajstić information content (AvgIpc) is 2.38. The number of hydrogen-bond acceptors (Lipinski definition) is 5. The van der Waals surface area contributed by atoms with E-state index in [2.05, 4.69) is 10.6 Å². The van der Waals surface area contributed by atoms with Gasteiger partial charge < -0.3 is 10.1 Å². The van der Waals surface area contributed by atoms with E-state index in [9.17, 15) is 14.5 Å². The Morgan fingerprint density at radius 2 is 1.81 bits per heavy atom. The number of nitrogens with one attached hydrogen (secondary N) is 1. The van der Waals surface area contributed by atoms with Crippen LogP contribution < -0.4 is 15.6 Å². The number of carbonyl (C=O) groups is 2. The Bertz CT molecular complexity index is 511. The summed E-state index contributed by atoms with van der Waals surface area (Å²) >= 11 is 0. The topological polar surface area (TPSA) is 89.8 Å². The van der Waals surface area contributed by atoms with Gasteiger partial charge in [0, 0.05) is 5.01 Å². The Morgan fingerprint density at radius 1 is 1.24 bits per heavy atom. The Hall–Kier alpha value is -2.44. The normalized spacial score (nSPS) is 12.2. The van der Waals surface area contributed by atoms with Crippen LogP contribution in [0.5, 0.6) is 0 Å². The maximum absolute atomic E-state index is 12.1. The van der Waals surface area contributed by atoms with Gasteiger partial charge in [-0.3, -0.25) is 4.79 Å². The number of nitrogens with zero attached hydrogens (tertiary/aromatic N) is 2. The van der Waals surface area contributed by atoms with Crippen molar-refractivity contribution in [3.8, 4) is 0 Å². The van der Waals surface area contributed by atoms with Crippen LogP contribution in [0.4, 0.5) is 10.5 Å². The van der Waals surface area contributed by atoms with Gasteiger partial charge in [-0.25, -0.2) is 4.79 Å². The van der Waals surface area contributed by atoms with Crippen molar-refractivity contribution in [3.05, 3.63) is 35.2 Å². The molecular weight excluding hydrogens is 274 g/mol. The minimum atomic E-state index is -0.947. The molecule has 0 saturated heterocycles. The van der Waals surface area contributed by atoms with Crippen molar-refractivity contribution >= 4 is 17.7 Å². The lowest BCUT2D eigenvalue weighted by Crippen LogP contribution is -2.48. The third kappa shape index (κ3) is 5.21. The second kappa shape index (κ2) is 6.83. The first kappa shape index (κ1) is 16.6. The molecule has 1 rings (SSSR count). The van der Waals surface area contributed by atoms with Crippen LogP contribution in [-0.2, 0) is 9.53 Å². The van der Waals surface area contributed by atoms with Crippen molar-refractivity contribution in [2.45, 2.75) is 39.3 Å². The van der Waals surface area contributed by atoms with Gasteiger partial charge in [-0.05, 0) is 39.8 Å². The van der Waals surface area contributed by atoms with Crippen LogP contribution in [0.2, 0.25) is 0 Å². The summed E-state index contributed by atoms with van der Waals surface area (Å²) in [6.07, 6.45) is -0.734. The molecule has 1 aromatic carbocycles. The van der Waals surface area contributed by atoms with Crippen molar-refractivity contribution in [2.75, 3.05) is 5.01 Å². The standard InChI is InChI=1S/C14H19N3O4/c1-10(15-13(19)21-14(2,3)4)12(18)17(16-20)11-8-6-5-7-9-11/h5-10H,1-4H3,(H,15,19)/q+1/t10-/m0/s1. The smallest absolute Gasteiger partial charge is 0.444 e. The van der Waals surface area contributed by atoms with Crippen LogP contribution in [0.1, 0.15) is 27.7 Å². The highest BCUT2D eigenvalue weighted by Gasteiger charge is 2.33. The Morgan fingerprint density at radius 3 is 2.29 bits per heavy atom. The van der Waals surface area contributed by atoms with Crippen molar-refractivity contribution in [2.24, 2.45) is 0 Å². The lowest BCUT2D eigenvalue weighted by molar-refractivity contribution is -0.120. The molecule has 0 aliphatic carbocycles. The van der Waals surface area contributed by atoms with E-state index in [0.717, 1.165) is 0 Å². The first-order chi connectivity index (χ1) is 9.74. The highest BCUT2D eigenvalue weighted by Crippen LogP contribution is 2.12. The summed E-state index contributed by atoms with van der Waals surface area (Å²) in [5, 5.41) is 5.77. The molecule has 0 bridgehead atoms. The number of ether oxygens (including phenoxy) is 1. The molecule has 0 fully saturated rings. The summed E-state index contributed by atoms with van der Waals surface area (Å²) < 4.78 is 5.05. The van der Waals surface area contributed by atoms with Gasteiger partial charge >= 0.3 is 17.3 Å². The SMILES string of the molecule is C[C@H](NC(=O)OC(C)(C)C)C(=O)N([N+]=O)c1ccccc1. The molecular formula is C14H19N3O4+. The van der Waals surface area contributed by atoms with E-state index in [4.69, 9.17) is 4.74 Å². The number of carbonyl (C=O) groups excluding carboxylic acids is 2. The number of anilines is 1. The maximum atomic E-state index is 12.1. The average molecular weight is 293 g/mol. The van der Waals surface area contributed by atoms with Crippen molar-refractivity contribution in [1.29, 1.82) is 0 Å². The third-order valence-corrected chi connectivity index (χ3v) is 2.39. The predicted octanol–water partition coefficient (Wildman–Crippen LogP) is 1.95. The molecule has 0 saturated carbocycles. The van der Waals surface area contributed by atoms with Crippen LogP contribution in [-0.4, -0.2) is 23.6 Å². The Balaban J connectivity index is 2.73. The number of amides is 2. The zero-order valence-electron chi connectivity index (χ0n) is 12.5. The third-order valence-electron chi connectivity index (χ3n) is 2.39. The monoisotopic (exact) mass is 293 g/mol. The molecule has 2 amide bonds. The van der Waals surface area contributed by atoms with E-state index in [1.165, 1.54) is 6.92 Å². The predicted molar refractivity (Wildman–Crippen MR) is 78.3 cm³/mol. The van der Waals surface area contributed by atoms with Crippen molar-refractivity contribution < 1.29 is 14.3 Å². The van der Waals surface area contributed by atoms with E-state index in [-0.39, 0.29) is 0 Å². The number of rotatable bonds is 4. The summed E-state index contributed by atoms with van der Waals surface area (Å²) in [4.78, 5) is 34.6. The molecule has 1 N–H and O–H groups in total. The second-order valence-corrected chi connectivity index (χ2v) is 5.44. The highest BCUT2D eigenvalue weighted by molar-refractivity contribution is 5.97. The van der Waals surface area contributed by atoms with Crippen LogP contribution in [0.15, 0.2) is 30.3 Å². The molecule has 113 valence electrons. The molecule has 0 aliphatic heterocycles. The van der Waals surface area contributed by atoms with Crippen molar-refractivity contribution in [1.82, 2.24) is 10.6 Å². The van der Waals surface area contributed by atoms with Gasteiger partial charge in [0.25, 0.3) is 0 Å². The summed E-state index contributed by atoms with van der Waals surface area (Å²) in [5.74, 6) is -0.651. The quantitative estimate of drug-likeness (QED) is 0.859. The molecule has 7 heteroatoms. The minimum absolute atomic E-state index is 0.329. The zero-order chi connectivity index (χ0) is 16.0. The van der Waals surface area contributed by atoms with Gasteiger partial charge in [0.05, 0.1) is 0 Å². The number of nitroso groups, excluding NO2 is 1. The van der Waals surface area contributed by atoms with Crippen LogP contribution in [0.25, 0.3) is 0 Å². The number of hydrogen-bond donors (Lipinski definition) is 1. The fraction of sp³-hybridized carbons (Fsp3) is 0.429. The maximum Gasteiger partial charge on any atom is 0.494 e. The first-order valence-electron chi connectivity index (χ1n) is 6.46. The lowest BCUT2D eigenvalue weighted by atomic mass is 10.2. The summed E-state index contributed by atoms with van der Waals surface area (Å²) in [7, 11) is 0. The lowest BCUT2D eigenvalue weighted by Gasteiger charge is -2.21. The molecule has 21 heavy (non-hydrogen) atoms. The zero-order valence-corrected chi connectivity index (χ0v) is 12.5. The highest BCUT2D eigenvalue weighted by atomic mass is 16.6. The molecule has 0 aliphatic rings. The molecule has 1 radical (unpaired) electrons. The van der Waals surface area contributed by atoms with Gasteiger partial charge in [0.2, 0.25) is 0 Å². The number of para-hydroxylation sites is 1. The molecule has 0 heterocycles. The van der Waals surface area contributed by atoms with Gasteiger partial charge in [-0.15, -0.1) is 0 Å². The van der Waals surface area contributed by atoms with Gasteiger partial charge in [0.15, 0.2) is 0 Å². The number of alkyl carbamates (subject to hydrolysis) is 1. The minimum Gasteiger partial charge on any atom is -0.444 e. The van der Waals surface area contributed by atoms with E-state index in [1.807, 2.05) is 0 Å². The first-order valence-corrected chi connectivity index (χ1v) is 6.46. The van der Waals surface area contributed by atoms with Crippen LogP contribution >= 0.6 is 0 Å². The largest absolute Gasteiger partial charge is 0.494 e. The van der Waals surface area contributed by atoms with Crippen LogP contribution in [0, 0.1) is 4.91 Å². The van der Waals surface area contributed by atoms with E-state index >= 15 is 0 Å². The molecule has 1 aromatic rings. The fourth-order valence-corrected chi connectivity index (χ4v) is 1.51. The van der Waals surface area contributed by atoms with E-state index in [1.54, 1.807) is 51.1 Å². The Kier molecular flexibility index (Phi) is 5.40. The summed E-state index contributed by atoms with van der Waals surface area (Å²) in [6, 6.07) is 7.29. The Labute approximate surface area is 123 Å². The van der Waals surface area contributed by atoms with Crippen LogP contribution in [0.3, 0.4) is 0 Å².